The molecule has 0 aliphatic heterocycles. The molecule has 2 aromatic carbocycles. The zero-order valence-electron chi connectivity index (χ0n) is 11.7. The molecule has 0 saturated carbocycles. The minimum absolute atomic E-state index is 0.0475. The number of hydrogen-bond donors (Lipinski definition) is 2. The van der Waals surface area contributed by atoms with Gasteiger partial charge in [-0.15, -0.1) is 0 Å². The van der Waals surface area contributed by atoms with Crippen molar-refractivity contribution in [2.45, 2.75) is 0 Å². The maximum atomic E-state index is 11.0. The molecule has 0 spiro atoms. The van der Waals surface area contributed by atoms with Gasteiger partial charge in [-0.2, -0.15) is 0 Å². The van der Waals surface area contributed by atoms with Crippen LogP contribution in [-0.2, 0) is 4.79 Å². The molecule has 0 saturated heterocycles. The monoisotopic (exact) mass is 313 g/mol. The van der Waals surface area contributed by atoms with E-state index in [1.54, 1.807) is 12.1 Å². The van der Waals surface area contributed by atoms with Gasteiger partial charge in [-0.05, 0) is 29.8 Å². The summed E-state index contributed by atoms with van der Waals surface area (Å²) in [4.78, 5) is 36.4. The Labute approximate surface area is 130 Å². The van der Waals surface area contributed by atoms with Crippen molar-refractivity contribution in [1.82, 2.24) is 0 Å². The number of carboxylic acids is 2. The summed E-state index contributed by atoms with van der Waals surface area (Å²) in [5.74, 6) is -2.20. The van der Waals surface area contributed by atoms with Crippen LogP contribution >= 0.6 is 0 Å². The molecule has 0 aliphatic carbocycles. The zero-order chi connectivity index (χ0) is 16.8. The Balaban J connectivity index is 2.34. The van der Waals surface area contributed by atoms with Gasteiger partial charge in [0.2, 0.25) is 0 Å². The predicted octanol–water partition coefficient (Wildman–Crippen LogP) is 2.37. The number of carbonyl (C=O) groups excluding carboxylic acids is 1. The molecule has 0 fully saturated rings. The second-order valence-electron chi connectivity index (χ2n) is 4.42. The lowest BCUT2D eigenvalue weighted by molar-refractivity contribution is -0.120. The lowest BCUT2D eigenvalue weighted by atomic mass is 10.1. The lowest BCUT2D eigenvalue weighted by Gasteiger charge is -2.03. The van der Waals surface area contributed by atoms with E-state index in [1.807, 2.05) is 0 Å². The first kappa shape index (κ1) is 15.9. The Morgan fingerprint density at radius 3 is 2.39 bits per heavy atom. The van der Waals surface area contributed by atoms with Crippen LogP contribution < -0.4 is 4.74 Å². The quantitative estimate of drug-likeness (QED) is 0.625. The summed E-state index contributed by atoms with van der Waals surface area (Å²) in [7, 11) is 0. The van der Waals surface area contributed by atoms with E-state index in [1.165, 1.54) is 36.5 Å². The third-order valence-electron chi connectivity index (χ3n) is 2.82. The van der Waals surface area contributed by atoms with E-state index in [0.29, 0.717) is 5.56 Å². The average Bonchev–Trinajstić information content (AvgIpc) is 2.53. The average molecular weight is 313 g/mol. The summed E-state index contributed by atoms with van der Waals surface area (Å²) < 4.78 is 4.64. The van der Waals surface area contributed by atoms with Gasteiger partial charge in [0.15, 0.2) is 0 Å². The van der Waals surface area contributed by atoms with Crippen molar-refractivity contribution in [2.24, 2.45) is 4.99 Å². The largest absolute Gasteiger partial charge is 0.478 e. The van der Waals surface area contributed by atoms with Gasteiger partial charge in [-0.3, -0.25) is 9.79 Å². The minimum atomic E-state index is -1.19. The normalized spacial score (nSPS) is 10.4. The van der Waals surface area contributed by atoms with Gasteiger partial charge < -0.3 is 14.9 Å². The van der Waals surface area contributed by atoms with Gasteiger partial charge in [0.1, 0.15) is 5.75 Å². The van der Waals surface area contributed by atoms with Crippen LogP contribution in [0.3, 0.4) is 0 Å². The molecule has 0 unspecified atom stereocenters. The Kier molecular flexibility index (Phi) is 4.83. The van der Waals surface area contributed by atoms with Gasteiger partial charge >= 0.3 is 11.9 Å². The van der Waals surface area contributed by atoms with Crippen LogP contribution in [0.25, 0.3) is 0 Å². The maximum Gasteiger partial charge on any atom is 0.335 e. The first-order chi connectivity index (χ1) is 11.0. The molecular formula is C16H11NO6. The number of aliphatic imine (C=N–C) groups is 1. The van der Waals surface area contributed by atoms with E-state index >= 15 is 0 Å². The third kappa shape index (κ3) is 4.24. The van der Waals surface area contributed by atoms with Crippen molar-refractivity contribution in [1.29, 1.82) is 0 Å². The van der Waals surface area contributed by atoms with E-state index in [9.17, 15) is 14.4 Å². The summed E-state index contributed by atoms with van der Waals surface area (Å²) in [5.41, 5.74) is 0.806. The second-order valence-corrected chi connectivity index (χ2v) is 4.42. The number of carbonyl (C=O) groups is 3. The van der Waals surface area contributed by atoms with Gasteiger partial charge in [-0.1, -0.05) is 12.1 Å². The molecule has 0 aromatic heterocycles. The number of ether oxygens (including phenoxy) is 1. The van der Waals surface area contributed by atoms with E-state index in [-0.39, 0.29) is 29.0 Å². The summed E-state index contributed by atoms with van der Waals surface area (Å²) in [6.45, 7) is 0.185. The van der Waals surface area contributed by atoms with Crippen molar-refractivity contribution < 1.29 is 29.3 Å². The van der Waals surface area contributed by atoms with Crippen LogP contribution in [0.5, 0.6) is 5.75 Å². The van der Waals surface area contributed by atoms with Crippen molar-refractivity contribution in [3.05, 3.63) is 59.2 Å². The minimum Gasteiger partial charge on any atom is -0.478 e. The van der Waals surface area contributed by atoms with E-state index in [2.05, 4.69) is 9.73 Å². The number of carboxylic acid groups (broad SMARTS) is 2. The molecule has 2 N–H and O–H groups in total. The summed E-state index contributed by atoms with van der Waals surface area (Å²) in [6.07, 6.45) is 1.39. The first-order valence-corrected chi connectivity index (χ1v) is 6.35. The Bertz CT molecular complexity index is 797. The molecule has 0 radical (unpaired) electrons. The van der Waals surface area contributed by atoms with Crippen molar-refractivity contribution in [3.63, 3.8) is 0 Å². The fraction of sp³-hybridized carbons (Fsp3) is 0. The van der Waals surface area contributed by atoms with Gasteiger partial charge in [0.05, 0.1) is 16.8 Å². The van der Waals surface area contributed by atoms with Gasteiger partial charge in [-0.25, -0.2) is 9.59 Å². The highest BCUT2D eigenvalue weighted by atomic mass is 16.5. The zero-order valence-corrected chi connectivity index (χ0v) is 11.7. The van der Waals surface area contributed by atoms with Crippen molar-refractivity contribution in [2.75, 3.05) is 0 Å². The fourth-order valence-corrected chi connectivity index (χ4v) is 1.81. The van der Waals surface area contributed by atoms with E-state index in [0.717, 1.165) is 0 Å². The SMILES string of the molecule is O=COc1cc(N=Cc2cccc(C(=O)O)c2)cc(C(=O)O)c1. The van der Waals surface area contributed by atoms with Crippen LogP contribution in [0, 0.1) is 0 Å². The molecule has 2 rings (SSSR count). The highest BCUT2D eigenvalue weighted by Crippen LogP contribution is 2.23. The molecule has 7 nitrogen and oxygen atoms in total. The topological polar surface area (TPSA) is 113 Å². The third-order valence-corrected chi connectivity index (χ3v) is 2.82. The molecule has 0 aliphatic rings. The highest BCUT2D eigenvalue weighted by Gasteiger charge is 2.08. The Morgan fingerprint density at radius 1 is 1.00 bits per heavy atom. The molecule has 116 valence electrons. The van der Waals surface area contributed by atoms with E-state index < -0.39 is 11.9 Å². The lowest BCUT2D eigenvalue weighted by Crippen LogP contribution is -1.98. The summed E-state index contributed by atoms with van der Waals surface area (Å²) in [6, 6.07) is 9.98. The second kappa shape index (κ2) is 6.99. The smallest absolute Gasteiger partial charge is 0.335 e. The predicted molar refractivity (Wildman–Crippen MR) is 80.7 cm³/mol. The number of nitrogens with zero attached hydrogens (tertiary/aromatic N) is 1. The van der Waals surface area contributed by atoms with Crippen LogP contribution in [0.15, 0.2) is 47.5 Å². The molecule has 0 amide bonds. The van der Waals surface area contributed by atoms with Gasteiger partial charge in [0.25, 0.3) is 6.47 Å². The molecule has 23 heavy (non-hydrogen) atoms. The number of rotatable bonds is 6. The van der Waals surface area contributed by atoms with Crippen LogP contribution in [0.2, 0.25) is 0 Å². The maximum absolute atomic E-state index is 11.0. The Hall–Kier alpha value is -3.48. The molecule has 7 heteroatoms. The number of aromatic carboxylic acids is 2. The first-order valence-electron chi connectivity index (χ1n) is 6.35. The number of benzene rings is 2. The highest BCUT2D eigenvalue weighted by molar-refractivity contribution is 5.92. The standard InChI is InChI=1S/C16H11NO6/c18-9-23-14-6-12(16(21)22)5-13(7-14)17-8-10-2-1-3-11(4-10)15(19)20/h1-9H,(H,19,20)(H,21,22). The summed E-state index contributed by atoms with van der Waals surface area (Å²) >= 11 is 0. The van der Waals surface area contributed by atoms with Crippen LogP contribution in [-0.4, -0.2) is 34.8 Å². The fourth-order valence-electron chi connectivity index (χ4n) is 1.81. The van der Waals surface area contributed by atoms with Crippen LogP contribution in [0.4, 0.5) is 5.69 Å². The van der Waals surface area contributed by atoms with Crippen molar-refractivity contribution >= 4 is 30.3 Å². The molecular weight excluding hydrogens is 302 g/mol. The van der Waals surface area contributed by atoms with Crippen LogP contribution in [0.1, 0.15) is 26.3 Å². The Morgan fingerprint density at radius 2 is 1.74 bits per heavy atom. The number of hydrogen-bond acceptors (Lipinski definition) is 5. The molecule has 0 atom stereocenters. The van der Waals surface area contributed by atoms with E-state index in [4.69, 9.17) is 10.2 Å². The van der Waals surface area contributed by atoms with Crippen molar-refractivity contribution in [3.8, 4) is 5.75 Å². The molecule has 0 heterocycles. The molecule has 2 aromatic rings. The molecule has 0 bridgehead atoms. The van der Waals surface area contributed by atoms with Gasteiger partial charge in [0, 0.05) is 12.3 Å². The summed E-state index contributed by atoms with van der Waals surface area (Å²) in [5, 5.41) is 18.0.